The van der Waals surface area contributed by atoms with Crippen LogP contribution in [0.25, 0.3) is 0 Å². The van der Waals surface area contributed by atoms with Crippen molar-refractivity contribution >= 4 is 27.4 Å². The predicted octanol–water partition coefficient (Wildman–Crippen LogP) is 1.63. The number of hydrogen-bond acceptors (Lipinski definition) is 3. The van der Waals surface area contributed by atoms with E-state index in [1.54, 1.807) is 6.08 Å². The van der Waals surface area contributed by atoms with E-state index in [0.717, 1.165) is 25.2 Å². The first-order chi connectivity index (χ1) is 12.0. The molecule has 6 nitrogen and oxygen atoms in total. The molecule has 0 saturated carbocycles. The summed E-state index contributed by atoms with van der Waals surface area (Å²) in [4.78, 5) is 13.6. The van der Waals surface area contributed by atoms with E-state index in [9.17, 15) is 14.1 Å². The van der Waals surface area contributed by atoms with Crippen molar-refractivity contribution in [1.82, 2.24) is 9.03 Å². The van der Waals surface area contributed by atoms with Gasteiger partial charge < -0.3 is 14.7 Å². The molecule has 1 aromatic carbocycles. The molecular weight excluding hydrogens is 338 g/mol. The highest BCUT2D eigenvalue weighted by Gasteiger charge is 2.25. The molecule has 1 unspecified atom stereocenters. The Bertz CT molecular complexity index is 792. The minimum Gasteiger partial charge on any atom is -0.478 e. The first-order valence-corrected chi connectivity index (χ1v) is 9.99. The summed E-state index contributed by atoms with van der Waals surface area (Å²) in [5.41, 5.74) is 1.82. The minimum absolute atomic E-state index is 0.172. The number of para-hydroxylation sites is 1. The molecule has 3 rings (SSSR count). The molecule has 1 atom stereocenters. The maximum Gasteiger partial charge on any atom is 0.337 e. The summed E-state index contributed by atoms with van der Waals surface area (Å²) in [6.45, 7) is 2.72. The van der Waals surface area contributed by atoms with Crippen molar-refractivity contribution in [2.75, 3.05) is 31.1 Å². The molecule has 0 spiro atoms. The van der Waals surface area contributed by atoms with Crippen LogP contribution >= 0.6 is 0 Å². The van der Waals surface area contributed by atoms with Gasteiger partial charge in [0.25, 0.3) is 0 Å². The molecule has 1 fully saturated rings. The molecule has 134 valence electrons. The van der Waals surface area contributed by atoms with Crippen LogP contribution in [0.15, 0.2) is 53.8 Å². The Morgan fingerprint density at radius 3 is 2.48 bits per heavy atom. The van der Waals surface area contributed by atoms with Crippen LogP contribution in [0.4, 0.5) is 5.69 Å². The summed E-state index contributed by atoms with van der Waals surface area (Å²) in [5.74, 6) is 2.84. The number of anilines is 1. The highest BCUT2D eigenvalue weighted by atomic mass is 32.2. The zero-order valence-electron chi connectivity index (χ0n) is 14.1. The Hall–Kier alpha value is -2.25. The van der Waals surface area contributed by atoms with Crippen LogP contribution in [0.3, 0.4) is 0 Å². The Morgan fingerprint density at radius 1 is 1.16 bits per heavy atom. The second-order valence-electron chi connectivity index (χ2n) is 6.13. The first kappa shape index (κ1) is 17.6. The lowest BCUT2D eigenvalue weighted by Gasteiger charge is -2.38. The van der Waals surface area contributed by atoms with Gasteiger partial charge in [0, 0.05) is 37.6 Å². The van der Waals surface area contributed by atoms with Gasteiger partial charge in [-0.2, -0.15) is 0 Å². The average Bonchev–Trinajstić information content (AvgIpc) is 2.62. The molecule has 2 N–H and O–H groups in total. The van der Waals surface area contributed by atoms with Crippen molar-refractivity contribution < 1.29 is 14.1 Å². The van der Waals surface area contributed by atoms with E-state index in [4.69, 9.17) is 0 Å². The van der Waals surface area contributed by atoms with E-state index in [2.05, 4.69) is 27.6 Å². The van der Waals surface area contributed by atoms with Crippen molar-refractivity contribution in [3.63, 3.8) is 0 Å². The number of carbonyl (C=O) groups is 1. The van der Waals surface area contributed by atoms with Gasteiger partial charge in [-0.15, -0.1) is 0 Å². The lowest BCUT2D eigenvalue weighted by Crippen LogP contribution is -2.52. The van der Waals surface area contributed by atoms with E-state index < -0.39 is 15.9 Å². The summed E-state index contributed by atoms with van der Waals surface area (Å²) >= 11 is 0. The molecule has 7 heteroatoms. The standard InChI is InChI=1S/C18H23N3O3S/c1-25(24,19-17-10-6-5-9-16(17)18(22)23)21-13-11-20(12-14-21)15-7-3-2-4-8-15/h2-5,7-9H,1,6,10-14H2,(H,19,24)(H,22,23). The van der Waals surface area contributed by atoms with Crippen LogP contribution in [0.5, 0.6) is 0 Å². The molecule has 2 aliphatic rings. The van der Waals surface area contributed by atoms with Crippen LogP contribution in [-0.4, -0.2) is 51.6 Å². The van der Waals surface area contributed by atoms with Crippen molar-refractivity contribution in [1.29, 1.82) is 0 Å². The third kappa shape index (κ3) is 4.05. The molecule has 0 bridgehead atoms. The Kier molecular flexibility index (Phi) is 5.15. The van der Waals surface area contributed by atoms with Crippen LogP contribution in [0, 0.1) is 0 Å². The van der Waals surface area contributed by atoms with Gasteiger partial charge in [-0.05, 0) is 36.9 Å². The van der Waals surface area contributed by atoms with Crippen molar-refractivity contribution in [2.24, 2.45) is 0 Å². The molecule has 0 aromatic heterocycles. The van der Waals surface area contributed by atoms with Crippen LogP contribution in [-0.2, 0) is 14.7 Å². The van der Waals surface area contributed by atoms with Gasteiger partial charge in [0.2, 0.25) is 0 Å². The smallest absolute Gasteiger partial charge is 0.337 e. The number of nitrogens with one attached hydrogen (secondary N) is 1. The van der Waals surface area contributed by atoms with Gasteiger partial charge in [0.15, 0.2) is 0 Å². The Balaban J connectivity index is 1.68. The molecule has 1 aliphatic carbocycles. The second kappa shape index (κ2) is 7.33. The first-order valence-electron chi connectivity index (χ1n) is 8.30. The summed E-state index contributed by atoms with van der Waals surface area (Å²) in [5, 5.41) is 9.29. The SMILES string of the molecule is C=S(=O)(NC1=C(C(=O)O)C=CCC1)N1CCN(c2ccccc2)CC1. The van der Waals surface area contributed by atoms with Crippen molar-refractivity contribution in [2.45, 2.75) is 12.8 Å². The van der Waals surface area contributed by atoms with E-state index in [1.807, 2.05) is 28.6 Å². The van der Waals surface area contributed by atoms with E-state index >= 15 is 0 Å². The second-order valence-corrected chi connectivity index (χ2v) is 8.13. The van der Waals surface area contributed by atoms with Gasteiger partial charge in [-0.25, -0.2) is 13.3 Å². The van der Waals surface area contributed by atoms with Gasteiger partial charge in [-0.3, -0.25) is 0 Å². The van der Waals surface area contributed by atoms with Crippen molar-refractivity contribution in [3.05, 3.63) is 53.8 Å². The molecular formula is C18H23N3O3S. The van der Waals surface area contributed by atoms with Gasteiger partial charge in [0.05, 0.1) is 5.57 Å². The fraction of sp³-hybridized carbons (Fsp3) is 0.333. The largest absolute Gasteiger partial charge is 0.478 e. The highest BCUT2D eigenvalue weighted by molar-refractivity contribution is 7.96. The molecule has 0 amide bonds. The zero-order chi connectivity index (χ0) is 17.9. The number of hydrogen-bond donors (Lipinski definition) is 2. The fourth-order valence-electron chi connectivity index (χ4n) is 3.11. The van der Waals surface area contributed by atoms with Crippen LogP contribution < -0.4 is 9.62 Å². The number of carboxylic acid groups (broad SMARTS) is 1. The topological polar surface area (TPSA) is 72.9 Å². The number of allylic oxidation sites excluding steroid dienone is 2. The number of nitrogens with zero attached hydrogens (tertiary/aromatic N) is 2. The zero-order valence-corrected chi connectivity index (χ0v) is 14.9. The molecule has 25 heavy (non-hydrogen) atoms. The normalized spacial score (nSPS) is 21.0. The predicted molar refractivity (Wildman–Crippen MR) is 102 cm³/mol. The van der Waals surface area contributed by atoms with E-state index in [1.165, 1.54) is 0 Å². The summed E-state index contributed by atoms with van der Waals surface area (Å²) in [7, 11) is -2.75. The molecule has 1 aromatic rings. The minimum atomic E-state index is -2.75. The lowest BCUT2D eigenvalue weighted by atomic mass is 10.0. The van der Waals surface area contributed by atoms with E-state index in [0.29, 0.717) is 25.2 Å². The number of carboxylic acids is 1. The molecule has 1 aliphatic heterocycles. The number of aliphatic carboxylic acids is 1. The Labute approximate surface area is 148 Å². The summed E-state index contributed by atoms with van der Waals surface area (Å²) in [6, 6.07) is 10.1. The van der Waals surface area contributed by atoms with Gasteiger partial charge >= 0.3 is 5.97 Å². The third-order valence-electron chi connectivity index (χ3n) is 4.46. The van der Waals surface area contributed by atoms with Gasteiger partial charge in [0.1, 0.15) is 9.89 Å². The number of rotatable bonds is 5. The fourth-order valence-corrected chi connectivity index (χ4v) is 4.59. The average molecular weight is 361 g/mol. The maximum absolute atomic E-state index is 13.1. The summed E-state index contributed by atoms with van der Waals surface area (Å²) < 4.78 is 17.8. The van der Waals surface area contributed by atoms with Crippen LogP contribution in [0.2, 0.25) is 0 Å². The van der Waals surface area contributed by atoms with E-state index in [-0.39, 0.29) is 5.57 Å². The maximum atomic E-state index is 13.1. The molecule has 1 heterocycles. The third-order valence-corrected chi connectivity index (χ3v) is 6.23. The monoisotopic (exact) mass is 361 g/mol. The Morgan fingerprint density at radius 2 is 1.84 bits per heavy atom. The quantitative estimate of drug-likeness (QED) is 0.782. The number of benzene rings is 1. The molecule has 1 saturated heterocycles. The summed E-state index contributed by atoms with van der Waals surface area (Å²) in [6.07, 6.45) is 4.65. The van der Waals surface area contributed by atoms with Gasteiger partial charge in [-0.1, -0.05) is 24.3 Å². The molecule has 0 radical (unpaired) electrons. The van der Waals surface area contributed by atoms with Crippen molar-refractivity contribution in [3.8, 4) is 0 Å². The lowest BCUT2D eigenvalue weighted by molar-refractivity contribution is -0.132. The number of piperazine rings is 1. The van der Waals surface area contributed by atoms with Crippen LogP contribution in [0.1, 0.15) is 12.8 Å². The highest BCUT2D eigenvalue weighted by Crippen LogP contribution is 2.20.